The summed E-state index contributed by atoms with van der Waals surface area (Å²) in [6, 6.07) is -0.141. The first kappa shape index (κ1) is 13.0. The van der Waals surface area contributed by atoms with Crippen LogP contribution in [0.2, 0.25) is 0 Å². The summed E-state index contributed by atoms with van der Waals surface area (Å²) in [5.74, 6) is 0.0221. The molecule has 0 aromatic carbocycles. The zero-order chi connectivity index (χ0) is 12.3. The van der Waals surface area contributed by atoms with Gasteiger partial charge in [-0.15, -0.1) is 0 Å². The van der Waals surface area contributed by atoms with E-state index in [9.17, 15) is 9.59 Å². The van der Waals surface area contributed by atoms with Crippen molar-refractivity contribution in [1.29, 1.82) is 0 Å². The molecular formula is C12H22N2O2. The quantitative estimate of drug-likeness (QED) is 0.788. The van der Waals surface area contributed by atoms with Gasteiger partial charge >= 0.3 is 0 Å². The van der Waals surface area contributed by atoms with Crippen LogP contribution in [0.15, 0.2) is 0 Å². The van der Waals surface area contributed by atoms with Crippen molar-refractivity contribution in [2.75, 3.05) is 0 Å². The lowest BCUT2D eigenvalue weighted by Gasteiger charge is -2.35. The Morgan fingerprint density at radius 1 is 1.31 bits per heavy atom. The highest BCUT2D eigenvalue weighted by Gasteiger charge is 2.34. The van der Waals surface area contributed by atoms with E-state index in [4.69, 9.17) is 0 Å². The molecule has 2 atom stereocenters. The third kappa shape index (κ3) is 2.54. The molecule has 0 radical (unpaired) electrons. The number of nitrogens with zero attached hydrogens (tertiary/aromatic N) is 1. The minimum atomic E-state index is -0.391. The second-order valence-corrected chi connectivity index (χ2v) is 4.56. The SMILES string of the molecule is CCC(CC)N1C(=O)C(C)NC(=O)CC1C. The fraction of sp³-hybridized carbons (Fsp3) is 0.833. The number of nitrogens with one attached hydrogen (secondary N) is 1. The average molecular weight is 226 g/mol. The molecule has 0 aliphatic carbocycles. The van der Waals surface area contributed by atoms with Crippen LogP contribution in [0.3, 0.4) is 0 Å². The first-order valence-electron chi connectivity index (χ1n) is 6.12. The first-order chi connectivity index (χ1) is 7.51. The van der Waals surface area contributed by atoms with E-state index in [1.54, 1.807) is 6.92 Å². The molecule has 1 heterocycles. The van der Waals surface area contributed by atoms with Gasteiger partial charge in [0.25, 0.3) is 0 Å². The summed E-state index contributed by atoms with van der Waals surface area (Å²) in [6.07, 6.45) is 2.29. The Labute approximate surface area is 97.4 Å². The maximum absolute atomic E-state index is 12.2. The van der Waals surface area contributed by atoms with Crippen molar-refractivity contribution < 1.29 is 9.59 Å². The average Bonchev–Trinajstić information content (AvgIpc) is 2.31. The van der Waals surface area contributed by atoms with Crippen LogP contribution in [-0.4, -0.2) is 34.8 Å². The highest BCUT2D eigenvalue weighted by molar-refractivity contribution is 5.90. The van der Waals surface area contributed by atoms with Gasteiger partial charge in [0, 0.05) is 18.5 Å². The zero-order valence-electron chi connectivity index (χ0n) is 10.6. The molecule has 4 nitrogen and oxygen atoms in total. The highest BCUT2D eigenvalue weighted by Crippen LogP contribution is 2.18. The Bertz CT molecular complexity index is 274. The molecule has 2 unspecified atom stereocenters. The van der Waals surface area contributed by atoms with Crippen LogP contribution < -0.4 is 5.32 Å². The first-order valence-corrected chi connectivity index (χ1v) is 6.12. The van der Waals surface area contributed by atoms with Crippen LogP contribution in [0.25, 0.3) is 0 Å². The van der Waals surface area contributed by atoms with Crippen molar-refractivity contribution >= 4 is 11.8 Å². The van der Waals surface area contributed by atoms with Crippen LogP contribution in [-0.2, 0) is 9.59 Å². The largest absolute Gasteiger partial charge is 0.345 e. The standard InChI is InChI=1S/C12H22N2O2/c1-5-10(6-2)14-8(3)7-11(15)13-9(4)12(14)16/h8-10H,5-7H2,1-4H3,(H,13,15). The highest BCUT2D eigenvalue weighted by atomic mass is 16.2. The minimum Gasteiger partial charge on any atom is -0.345 e. The molecule has 4 heteroatoms. The topological polar surface area (TPSA) is 49.4 Å². The number of hydrogen-bond acceptors (Lipinski definition) is 2. The van der Waals surface area contributed by atoms with Crippen LogP contribution in [0, 0.1) is 0 Å². The monoisotopic (exact) mass is 226 g/mol. The molecule has 1 aliphatic heterocycles. The van der Waals surface area contributed by atoms with Crippen molar-refractivity contribution in [3.8, 4) is 0 Å². The number of carbonyl (C=O) groups excluding carboxylic acids is 2. The molecule has 1 fully saturated rings. The maximum Gasteiger partial charge on any atom is 0.245 e. The molecule has 0 aromatic rings. The van der Waals surface area contributed by atoms with Crippen LogP contribution in [0.4, 0.5) is 0 Å². The molecule has 0 spiro atoms. The van der Waals surface area contributed by atoms with Crippen molar-refractivity contribution in [3.05, 3.63) is 0 Å². The van der Waals surface area contributed by atoms with Crippen molar-refractivity contribution in [2.45, 2.75) is 65.1 Å². The lowest BCUT2D eigenvalue weighted by Crippen LogP contribution is -2.49. The van der Waals surface area contributed by atoms with Crippen LogP contribution in [0.1, 0.15) is 47.0 Å². The van der Waals surface area contributed by atoms with Crippen LogP contribution in [0.5, 0.6) is 0 Å². The Morgan fingerprint density at radius 2 is 1.88 bits per heavy atom. The Kier molecular flexibility index (Phi) is 4.33. The second-order valence-electron chi connectivity index (χ2n) is 4.56. The molecule has 1 saturated heterocycles. The fourth-order valence-electron chi connectivity index (χ4n) is 2.39. The molecule has 0 saturated carbocycles. The number of rotatable bonds is 3. The Morgan fingerprint density at radius 3 is 2.38 bits per heavy atom. The molecule has 1 aliphatic rings. The lowest BCUT2D eigenvalue weighted by atomic mass is 10.1. The molecule has 0 aromatic heterocycles. The van der Waals surface area contributed by atoms with Gasteiger partial charge in [-0.05, 0) is 26.7 Å². The van der Waals surface area contributed by atoms with E-state index in [0.29, 0.717) is 6.42 Å². The van der Waals surface area contributed by atoms with Crippen LogP contribution >= 0.6 is 0 Å². The summed E-state index contributed by atoms with van der Waals surface area (Å²) >= 11 is 0. The zero-order valence-corrected chi connectivity index (χ0v) is 10.6. The molecular weight excluding hydrogens is 204 g/mol. The van der Waals surface area contributed by atoms with Crippen molar-refractivity contribution in [1.82, 2.24) is 10.2 Å². The predicted octanol–water partition coefficient (Wildman–Crippen LogP) is 1.30. The molecule has 1 rings (SSSR count). The molecule has 92 valence electrons. The van der Waals surface area contributed by atoms with E-state index in [2.05, 4.69) is 19.2 Å². The summed E-state index contributed by atoms with van der Waals surface area (Å²) < 4.78 is 0. The summed E-state index contributed by atoms with van der Waals surface area (Å²) in [7, 11) is 0. The predicted molar refractivity (Wildman–Crippen MR) is 62.9 cm³/mol. The number of amides is 2. The van der Waals surface area contributed by atoms with Gasteiger partial charge in [0.15, 0.2) is 0 Å². The normalized spacial score (nSPS) is 26.9. The number of hydrogen-bond donors (Lipinski definition) is 1. The van der Waals surface area contributed by atoms with E-state index >= 15 is 0 Å². The maximum atomic E-state index is 12.2. The van der Waals surface area contributed by atoms with Gasteiger partial charge in [0.05, 0.1) is 0 Å². The van der Waals surface area contributed by atoms with E-state index in [0.717, 1.165) is 12.8 Å². The fourth-order valence-corrected chi connectivity index (χ4v) is 2.39. The molecule has 0 bridgehead atoms. The van der Waals surface area contributed by atoms with E-state index in [-0.39, 0.29) is 23.9 Å². The summed E-state index contributed by atoms with van der Waals surface area (Å²) in [4.78, 5) is 25.6. The van der Waals surface area contributed by atoms with Gasteiger partial charge in [-0.1, -0.05) is 13.8 Å². The third-order valence-corrected chi connectivity index (χ3v) is 3.29. The van der Waals surface area contributed by atoms with Crippen molar-refractivity contribution in [3.63, 3.8) is 0 Å². The van der Waals surface area contributed by atoms with E-state index in [1.807, 2.05) is 11.8 Å². The molecule has 16 heavy (non-hydrogen) atoms. The summed E-state index contributed by atoms with van der Waals surface area (Å²) in [5, 5.41) is 2.72. The van der Waals surface area contributed by atoms with Gasteiger partial charge in [-0.25, -0.2) is 0 Å². The summed E-state index contributed by atoms with van der Waals surface area (Å²) in [6.45, 7) is 7.87. The molecule has 1 N–H and O–H groups in total. The molecule has 2 amide bonds. The Hall–Kier alpha value is -1.06. The van der Waals surface area contributed by atoms with Gasteiger partial charge in [0.1, 0.15) is 6.04 Å². The minimum absolute atomic E-state index is 0.00218. The lowest BCUT2D eigenvalue weighted by molar-refractivity contribution is -0.137. The van der Waals surface area contributed by atoms with E-state index in [1.165, 1.54) is 0 Å². The van der Waals surface area contributed by atoms with Gasteiger partial charge in [0.2, 0.25) is 11.8 Å². The van der Waals surface area contributed by atoms with Gasteiger partial charge in [-0.2, -0.15) is 0 Å². The number of carbonyl (C=O) groups is 2. The van der Waals surface area contributed by atoms with Gasteiger partial charge in [-0.3, -0.25) is 9.59 Å². The second kappa shape index (κ2) is 5.32. The third-order valence-electron chi connectivity index (χ3n) is 3.29. The Balaban J connectivity index is 2.93. The van der Waals surface area contributed by atoms with E-state index < -0.39 is 6.04 Å². The summed E-state index contributed by atoms with van der Waals surface area (Å²) in [5.41, 5.74) is 0. The van der Waals surface area contributed by atoms with Gasteiger partial charge < -0.3 is 10.2 Å². The van der Waals surface area contributed by atoms with Crippen molar-refractivity contribution in [2.24, 2.45) is 0 Å². The smallest absolute Gasteiger partial charge is 0.245 e.